The molecule has 0 aromatic carbocycles. The molecular formula is C41H79N2O6P. The van der Waals surface area contributed by atoms with E-state index in [9.17, 15) is 19.4 Å². The highest BCUT2D eigenvalue weighted by Gasteiger charge is 2.23. The zero-order valence-corrected chi connectivity index (χ0v) is 34.0. The predicted octanol–water partition coefficient (Wildman–Crippen LogP) is 10.1. The van der Waals surface area contributed by atoms with Gasteiger partial charge in [0, 0.05) is 6.42 Å². The molecule has 0 bridgehead atoms. The summed E-state index contributed by atoms with van der Waals surface area (Å²) in [5, 5.41) is 13.7. The van der Waals surface area contributed by atoms with Crippen molar-refractivity contribution in [2.24, 2.45) is 0 Å². The molecule has 0 aromatic heterocycles. The lowest BCUT2D eigenvalue weighted by Crippen LogP contribution is -2.45. The number of hydrogen-bond acceptors (Lipinski definition) is 6. The molecule has 0 aliphatic rings. The van der Waals surface area contributed by atoms with Crippen LogP contribution in [0.25, 0.3) is 0 Å². The first-order valence-electron chi connectivity index (χ1n) is 20.4. The summed E-state index contributed by atoms with van der Waals surface area (Å²) < 4.78 is 23.1. The fourth-order valence-corrected chi connectivity index (χ4v) is 6.33. The van der Waals surface area contributed by atoms with Crippen LogP contribution in [0.2, 0.25) is 0 Å². The molecule has 0 aliphatic heterocycles. The lowest BCUT2D eigenvalue weighted by molar-refractivity contribution is -0.870. The van der Waals surface area contributed by atoms with E-state index in [-0.39, 0.29) is 12.5 Å². The number of hydrogen-bond donors (Lipinski definition) is 2. The van der Waals surface area contributed by atoms with Gasteiger partial charge in [0.25, 0.3) is 7.82 Å². The molecule has 0 aromatic rings. The van der Waals surface area contributed by atoms with Crippen LogP contribution in [0, 0.1) is 0 Å². The number of nitrogens with one attached hydrogen (secondary N) is 1. The van der Waals surface area contributed by atoms with E-state index in [1.165, 1.54) is 96.3 Å². The fourth-order valence-electron chi connectivity index (χ4n) is 5.60. The van der Waals surface area contributed by atoms with Crippen molar-refractivity contribution in [2.45, 2.75) is 180 Å². The number of allylic oxidation sites excluding steroid dienone is 5. The largest absolute Gasteiger partial charge is 0.756 e. The molecule has 0 radical (unpaired) electrons. The van der Waals surface area contributed by atoms with Crippen molar-refractivity contribution in [3.8, 4) is 0 Å². The zero-order valence-electron chi connectivity index (χ0n) is 33.1. The fraction of sp³-hybridized carbons (Fsp3) is 0.829. The van der Waals surface area contributed by atoms with Crippen LogP contribution in [0.5, 0.6) is 0 Å². The SMILES string of the molecule is CC/C=C/CC/C=C/CC/C=C/C(O)C(COP(=O)([O-])OCC[N+](C)(C)C)NC(=O)CCCCCCCCCCCCCCCCCCCC. The van der Waals surface area contributed by atoms with Crippen LogP contribution >= 0.6 is 7.82 Å². The predicted molar refractivity (Wildman–Crippen MR) is 210 cm³/mol. The molecular weight excluding hydrogens is 647 g/mol. The molecule has 2 N–H and O–H groups in total. The average Bonchev–Trinajstić information content (AvgIpc) is 3.06. The van der Waals surface area contributed by atoms with Gasteiger partial charge in [0.05, 0.1) is 39.9 Å². The van der Waals surface area contributed by atoms with Crippen molar-refractivity contribution in [1.29, 1.82) is 0 Å². The highest BCUT2D eigenvalue weighted by molar-refractivity contribution is 7.45. The Balaban J connectivity index is 4.40. The molecule has 8 nitrogen and oxygen atoms in total. The van der Waals surface area contributed by atoms with Gasteiger partial charge in [-0.25, -0.2) is 0 Å². The molecule has 0 fully saturated rings. The average molecular weight is 727 g/mol. The van der Waals surface area contributed by atoms with Crippen molar-refractivity contribution in [3.63, 3.8) is 0 Å². The Morgan fingerprint density at radius 2 is 1.14 bits per heavy atom. The Morgan fingerprint density at radius 1 is 0.700 bits per heavy atom. The lowest BCUT2D eigenvalue weighted by Gasteiger charge is -2.29. The number of unbranched alkanes of at least 4 members (excludes halogenated alkanes) is 19. The van der Waals surface area contributed by atoms with Crippen molar-refractivity contribution in [1.82, 2.24) is 5.32 Å². The number of phosphoric acid groups is 1. The maximum atomic E-state index is 12.8. The second-order valence-corrected chi connectivity index (χ2v) is 16.4. The van der Waals surface area contributed by atoms with E-state index in [1.54, 1.807) is 6.08 Å². The third kappa shape index (κ3) is 35.1. The van der Waals surface area contributed by atoms with Crippen molar-refractivity contribution < 1.29 is 32.9 Å². The number of aliphatic hydroxyl groups is 1. The maximum Gasteiger partial charge on any atom is 0.268 e. The molecule has 294 valence electrons. The van der Waals surface area contributed by atoms with E-state index in [0.29, 0.717) is 17.4 Å². The number of phosphoric ester groups is 1. The molecule has 0 aliphatic carbocycles. The summed E-state index contributed by atoms with van der Waals surface area (Å²) in [7, 11) is 1.23. The minimum atomic E-state index is -4.59. The third-order valence-electron chi connectivity index (χ3n) is 8.84. The summed E-state index contributed by atoms with van der Waals surface area (Å²) in [5.74, 6) is -0.214. The van der Waals surface area contributed by atoms with E-state index in [0.717, 1.165) is 51.4 Å². The van der Waals surface area contributed by atoms with Crippen molar-refractivity contribution in [3.05, 3.63) is 36.5 Å². The topological polar surface area (TPSA) is 108 Å². The van der Waals surface area contributed by atoms with E-state index in [4.69, 9.17) is 9.05 Å². The summed E-state index contributed by atoms with van der Waals surface area (Å²) in [6, 6.07) is -0.903. The third-order valence-corrected chi connectivity index (χ3v) is 9.81. The van der Waals surface area contributed by atoms with Crippen LogP contribution in [0.4, 0.5) is 0 Å². The van der Waals surface area contributed by atoms with E-state index < -0.39 is 26.6 Å². The molecule has 3 unspecified atom stereocenters. The molecule has 0 rings (SSSR count). The van der Waals surface area contributed by atoms with Gasteiger partial charge in [-0.2, -0.15) is 0 Å². The molecule has 1 amide bonds. The van der Waals surface area contributed by atoms with Crippen LogP contribution in [-0.4, -0.2) is 68.5 Å². The van der Waals surface area contributed by atoms with Gasteiger partial charge in [0.15, 0.2) is 0 Å². The number of carbonyl (C=O) groups is 1. The van der Waals surface area contributed by atoms with Gasteiger partial charge in [-0.05, 0) is 38.5 Å². The highest BCUT2D eigenvalue weighted by Crippen LogP contribution is 2.38. The smallest absolute Gasteiger partial charge is 0.268 e. The Kier molecular flexibility index (Phi) is 32.7. The van der Waals surface area contributed by atoms with Gasteiger partial charge in [-0.3, -0.25) is 9.36 Å². The second kappa shape index (κ2) is 33.5. The van der Waals surface area contributed by atoms with Crippen LogP contribution in [0.3, 0.4) is 0 Å². The zero-order chi connectivity index (χ0) is 37.2. The number of rotatable bonds is 36. The summed E-state index contributed by atoms with van der Waals surface area (Å²) in [6.07, 6.45) is 39.2. The quantitative estimate of drug-likeness (QED) is 0.0288. The van der Waals surface area contributed by atoms with E-state index >= 15 is 0 Å². The Bertz CT molecular complexity index is 917. The van der Waals surface area contributed by atoms with Gasteiger partial charge in [0.1, 0.15) is 13.2 Å². The van der Waals surface area contributed by atoms with Crippen LogP contribution in [0.1, 0.15) is 168 Å². The molecule has 9 heteroatoms. The first-order valence-corrected chi connectivity index (χ1v) is 21.8. The summed E-state index contributed by atoms with van der Waals surface area (Å²) in [4.78, 5) is 25.2. The minimum Gasteiger partial charge on any atom is -0.756 e. The molecule has 0 spiro atoms. The van der Waals surface area contributed by atoms with Gasteiger partial charge in [0.2, 0.25) is 5.91 Å². The number of aliphatic hydroxyl groups excluding tert-OH is 1. The molecule has 50 heavy (non-hydrogen) atoms. The summed E-state index contributed by atoms with van der Waals surface area (Å²) in [6.45, 7) is 4.48. The van der Waals surface area contributed by atoms with Crippen LogP contribution < -0.4 is 10.2 Å². The standard InChI is InChI=1S/C41H79N2O6P/c1-6-8-10-12-14-16-18-19-20-21-22-23-24-25-27-29-31-33-35-41(45)42-39(38-49-50(46,47)48-37-36-43(3,4)5)40(44)34-32-30-28-26-17-15-13-11-9-7-2/h9,11,17,26,32,34,39-40,44H,6-8,10,12-16,18-25,27-31,33,35-38H2,1-5H3,(H-,42,45,46,47)/b11-9+,26-17+,34-32+. The maximum absolute atomic E-state index is 12.8. The number of likely N-dealkylation sites (N-methyl/N-ethyl adjacent to an activating group) is 1. The normalized spacial score (nSPS) is 14.9. The van der Waals surface area contributed by atoms with Crippen molar-refractivity contribution in [2.75, 3.05) is 40.9 Å². The number of carbonyl (C=O) groups excluding carboxylic acids is 1. The highest BCUT2D eigenvalue weighted by atomic mass is 31.2. The summed E-state index contributed by atoms with van der Waals surface area (Å²) in [5.41, 5.74) is 0. The molecule has 0 saturated heterocycles. The lowest BCUT2D eigenvalue weighted by atomic mass is 10.0. The van der Waals surface area contributed by atoms with Gasteiger partial charge in [-0.1, -0.05) is 159 Å². The first kappa shape index (κ1) is 48.7. The minimum absolute atomic E-state index is 0.00841. The van der Waals surface area contributed by atoms with E-state index in [1.807, 2.05) is 27.2 Å². The number of amides is 1. The van der Waals surface area contributed by atoms with Gasteiger partial charge >= 0.3 is 0 Å². The monoisotopic (exact) mass is 727 g/mol. The first-order chi connectivity index (χ1) is 24.0. The van der Waals surface area contributed by atoms with Crippen molar-refractivity contribution >= 4 is 13.7 Å². The van der Waals surface area contributed by atoms with Crippen LogP contribution in [-0.2, 0) is 18.4 Å². The molecule has 0 saturated carbocycles. The molecule has 0 heterocycles. The Hall–Kier alpha value is -1.28. The Labute approximate surface area is 308 Å². The van der Waals surface area contributed by atoms with Crippen LogP contribution in [0.15, 0.2) is 36.5 Å². The van der Waals surface area contributed by atoms with Gasteiger partial charge < -0.3 is 28.8 Å². The number of quaternary nitrogens is 1. The Morgan fingerprint density at radius 3 is 1.60 bits per heavy atom. The molecule has 3 atom stereocenters. The van der Waals surface area contributed by atoms with E-state index in [2.05, 4.69) is 43.5 Å². The second-order valence-electron chi connectivity index (χ2n) is 14.9. The number of nitrogens with zero attached hydrogens (tertiary/aromatic N) is 1. The van der Waals surface area contributed by atoms with Gasteiger partial charge in [-0.15, -0.1) is 0 Å². The summed E-state index contributed by atoms with van der Waals surface area (Å²) >= 11 is 0.